The van der Waals surface area contributed by atoms with E-state index in [-0.39, 0.29) is 5.78 Å². The summed E-state index contributed by atoms with van der Waals surface area (Å²) >= 11 is 1.40. The predicted octanol–water partition coefficient (Wildman–Crippen LogP) is 1.89. The van der Waals surface area contributed by atoms with Crippen LogP contribution in [0.3, 0.4) is 0 Å². The Morgan fingerprint density at radius 2 is 2.17 bits per heavy atom. The molecule has 0 N–H and O–H groups in total. The number of nitrogens with zero attached hydrogens (tertiary/aromatic N) is 2. The summed E-state index contributed by atoms with van der Waals surface area (Å²) in [6.07, 6.45) is 3.22. The SMILES string of the molecule is CC(=O)c1scc2nccnc12. The van der Waals surface area contributed by atoms with Gasteiger partial charge in [0.15, 0.2) is 5.78 Å². The molecule has 0 aliphatic carbocycles. The van der Waals surface area contributed by atoms with Gasteiger partial charge < -0.3 is 0 Å². The molecule has 0 bridgehead atoms. The monoisotopic (exact) mass is 178 g/mol. The number of ketones is 1. The number of fused-ring (bicyclic) bond motifs is 1. The molecule has 0 unspecified atom stereocenters. The number of carbonyl (C=O) groups excluding carboxylic acids is 1. The summed E-state index contributed by atoms with van der Waals surface area (Å²) in [7, 11) is 0. The van der Waals surface area contributed by atoms with Crippen LogP contribution in [0.15, 0.2) is 17.8 Å². The largest absolute Gasteiger partial charge is 0.294 e. The molecule has 2 aromatic heterocycles. The second-order valence-corrected chi connectivity index (χ2v) is 3.29. The van der Waals surface area contributed by atoms with Crippen LogP contribution in [0.4, 0.5) is 0 Å². The molecule has 0 fully saturated rings. The van der Waals surface area contributed by atoms with Crippen molar-refractivity contribution in [1.82, 2.24) is 9.97 Å². The van der Waals surface area contributed by atoms with Crippen LogP contribution >= 0.6 is 11.3 Å². The second-order valence-electron chi connectivity index (χ2n) is 2.41. The number of aromatic nitrogens is 2. The topological polar surface area (TPSA) is 42.9 Å². The van der Waals surface area contributed by atoms with Gasteiger partial charge in [-0.25, -0.2) is 0 Å². The van der Waals surface area contributed by atoms with E-state index in [2.05, 4.69) is 9.97 Å². The minimum Gasteiger partial charge on any atom is -0.294 e. The maximum atomic E-state index is 11.1. The number of thiophene rings is 1. The zero-order valence-electron chi connectivity index (χ0n) is 6.44. The van der Waals surface area contributed by atoms with Gasteiger partial charge in [-0.1, -0.05) is 0 Å². The van der Waals surface area contributed by atoms with Gasteiger partial charge in [0, 0.05) is 24.7 Å². The predicted molar refractivity (Wildman–Crippen MR) is 47.4 cm³/mol. The maximum Gasteiger partial charge on any atom is 0.171 e. The molecule has 60 valence electrons. The highest BCUT2D eigenvalue weighted by Gasteiger charge is 2.08. The Bertz CT molecular complexity index is 435. The van der Waals surface area contributed by atoms with Gasteiger partial charge in [-0.3, -0.25) is 14.8 Å². The van der Waals surface area contributed by atoms with E-state index in [1.54, 1.807) is 19.3 Å². The van der Waals surface area contributed by atoms with Crippen molar-refractivity contribution in [2.75, 3.05) is 0 Å². The number of hydrogen-bond acceptors (Lipinski definition) is 4. The molecule has 0 saturated carbocycles. The van der Waals surface area contributed by atoms with Crippen LogP contribution in [0.2, 0.25) is 0 Å². The average Bonchev–Trinajstić information content (AvgIpc) is 2.47. The standard InChI is InChI=1S/C8H6N2OS/c1-5(11)8-7-6(4-12-8)9-2-3-10-7/h2-4H,1H3. The van der Waals surface area contributed by atoms with Gasteiger partial charge in [0.05, 0.1) is 4.88 Å². The van der Waals surface area contributed by atoms with Crippen molar-refractivity contribution in [3.63, 3.8) is 0 Å². The first kappa shape index (κ1) is 7.36. The summed E-state index contributed by atoms with van der Waals surface area (Å²) in [5.74, 6) is 0.0514. The fourth-order valence-corrected chi connectivity index (χ4v) is 1.87. The zero-order valence-corrected chi connectivity index (χ0v) is 7.26. The van der Waals surface area contributed by atoms with E-state index < -0.39 is 0 Å². The van der Waals surface area contributed by atoms with Crippen molar-refractivity contribution in [1.29, 1.82) is 0 Å². The fraction of sp³-hybridized carbons (Fsp3) is 0.125. The molecule has 0 atom stereocenters. The van der Waals surface area contributed by atoms with Crippen molar-refractivity contribution in [2.24, 2.45) is 0 Å². The molecule has 3 nitrogen and oxygen atoms in total. The van der Waals surface area contributed by atoms with Gasteiger partial charge in [-0.05, 0) is 0 Å². The molecule has 0 spiro atoms. The number of hydrogen-bond donors (Lipinski definition) is 0. The van der Waals surface area contributed by atoms with Crippen LogP contribution in [0, 0.1) is 0 Å². The minimum atomic E-state index is 0.0514. The first-order valence-corrected chi connectivity index (χ1v) is 4.36. The van der Waals surface area contributed by atoms with Crippen molar-refractivity contribution in [2.45, 2.75) is 6.92 Å². The van der Waals surface area contributed by atoms with Crippen LogP contribution in [-0.4, -0.2) is 15.8 Å². The van der Waals surface area contributed by atoms with Crippen molar-refractivity contribution < 1.29 is 4.79 Å². The first-order valence-electron chi connectivity index (χ1n) is 3.48. The Morgan fingerprint density at radius 3 is 2.92 bits per heavy atom. The van der Waals surface area contributed by atoms with E-state index in [4.69, 9.17) is 0 Å². The quantitative estimate of drug-likeness (QED) is 0.626. The lowest BCUT2D eigenvalue weighted by Crippen LogP contribution is -1.89. The fourth-order valence-electron chi connectivity index (χ4n) is 1.03. The van der Waals surface area contributed by atoms with E-state index in [9.17, 15) is 4.79 Å². The molecule has 0 radical (unpaired) electrons. The molecule has 2 aromatic rings. The van der Waals surface area contributed by atoms with Crippen LogP contribution in [0.25, 0.3) is 11.0 Å². The Morgan fingerprint density at radius 1 is 1.42 bits per heavy atom. The van der Waals surface area contributed by atoms with E-state index in [1.807, 2.05) is 5.38 Å². The lowest BCUT2D eigenvalue weighted by atomic mass is 10.3. The van der Waals surface area contributed by atoms with Gasteiger partial charge in [0.25, 0.3) is 0 Å². The van der Waals surface area contributed by atoms with Gasteiger partial charge in [0.2, 0.25) is 0 Å². The minimum absolute atomic E-state index is 0.0514. The summed E-state index contributed by atoms with van der Waals surface area (Å²) < 4.78 is 0. The number of Topliss-reactive ketones (excluding diaryl/α,β-unsaturated/α-hetero) is 1. The molecule has 2 rings (SSSR count). The molecule has 0 aliphatic rings. The van der Waals surface area contributed by atoms with E-state index in [1.165, 1.54) is 11.3 Å². The van der Waals surface area contributed by atoms with Crippen LogP contribution in [-0.2, 0) is 0 Å². The summed E-state index contributed by atoms with van der Waals surface area (Å²) in [4.78, 5) is 19.9. The van der Waals surface area contributed by atoms with Crippen LogP contribution < -0.4 is 0 Å². The lowest BCUT2D eigenvalue weighted by molar-refractivity contribution is 0.102. The number of carbonyl (C=O) groups is 1. The molecular formula is C8H6N2OS. The van der Waals surface area contributed by atoms with Crippen molar-refractivity contribution in [3.05, 3.63) is 22.7 Å². The molecule has 0 aliphatic heterocycles. The average molecular weight is 178 g/mol. The maximum absolute atomic E-state index is 11.1. The first-order chi connectivity index (χ1) is 5.79. The Hall–Kier alpha value is -1.29. The Balaban J connectivity index is 2.79. The molecule has 2 heterocycles. The highest BCUT2D eigenvalue weighted by atomic mass is 32.1. The summed E-state index contributed by atoms with van der Waals surface area (Å²) in [5, 5.41) is 1.85. The normalized spacial score (nSPS) is 10.4. The Kier molecular flexibility index (Phi) is 1.62. The van der Waals surface area contributed by atoms with E-state index in [0.717, 1.165) is 11.0 Å². The summed E-state index contributed by atoms with van der Waals surface area (Å²) in [6, 6.07) is 0. The second kappa shape index (κ2) is 2.64. The molecule has 0 amide bonds. The zero-order chi connectivity index (χ0) is 8.55. The third-order valence-corrected chi connectivity index (χ3v) is 2.61. The molecule has 0 saturated heterocycles. The van der Waals surface area contributed by atoms with Gasteiger partial charge in [-0.2, -0.15) is 0 Å². The molecule has 12 heavy (non-hydrogen) atoms. The third-order valence-electron chi connectivity index (χ3n) is 1.55. The van der Waals surface area contributed by atoms with Crippen LogP contribution in [0.1, 0.15) is 16.6 Å². The highest BCUT2D eigenvalue weighted by molar-refractivity contribution is 7.13. The van der Waals surface area contributed by atoms with Gasteiger partial charge in [0.1, 0.15) is 11.0 Å². The molecule has 0 aromatic carbocycles. The van der Waals surface area contributed by atoms with Crippen molar-refractivity contribution in [3.8, 4) is 0 Å². The molecule has 4 heteroatoms. The van der Waals surface area contributed by atoms with E-state index >= 15 is 0 Å². The Labute approximate surface area is 73.1 Å². The lowest BCUT2D eigenvalue weighted by Gasteiger charge is -1.89. The van der Waals surface area contributed by atoms with E-state index in [0.29, 0.717) is 4.88 Å². The smallest absolute Gasteiger partial charge is 0.171 e. The van der Waals surface area contributed by atoms with Gasteiger partial charge >= 0.3 is 0 Å². The van der Waals surface area contributed by atoms with Crippen LogP contribution in [0.5, 0.6) is 0 Å². The van der Waals surface area contributed by atoms with Crippen molar-refractivity contribution >= 4 is 28.2 Å². The highest BCUT2D eigenvalue weighted by Crippen LogP contribution is 2.21. The summed E-state index contributed by atoms with van der Waals surface area (Å²) in [6.45, 7) is 1.54. The molecular weight excluding hydrogens is 172 g/mol. The number of rotatable bonds is 1. The third kappa shape index (κ3) is 1.00. The van der Waals surface area contributed by atoms with Gasteiger partial charge in [-0.15, -0.1) is 11.3 Å². The summed E-state index contributed by atoms with van der Waals surface area (Å²) in [5.41, 5.74) is 1.52.